The Bertz CT molecular complexity index is 754. The van der Waals surface area contributed by atoms with Crippen molar-refractivity contribution in [3.8, 4) is 11.9 Å². The van der Waals surface area contributed by atoms with Crippen molar-refractivity contribution in [2.45, 2.75) is 25.2 Å². The van der Waals surface area contributed by atoms with Gasteiger partial charge in [-0.25, -0.2) is 4.68 Å². The zero-order valence-corrected chi connectivity index (χ0v) is 13.9. The molecule has 0 saturated carbocycles. The second-order valence-corrected chi connectivity index (χ2v) is 5.43. The van der Waals surface area contributed by atoms with Crippen molar-refractivity contribution in [2.24, 2.45) is 12.8 Å². The summed E-state index contributed by atoms with van der Waals surface area (Å²) in [6.07, 6.45) is -0.545. The van der Waals surface area contributed by atoms with Crippen LogP contribution in [0.25, 0.3) is 0 Å². The van der Waals surface area contributed by atoms with E-state index in [2.05, 4.69) is 5.10 Å². The third kappa shape index (κ3) is 2.56. The number of carbonyl (C=O) groups excluding carboxylic acids is 2. The van der Waals surface area contributed by atoms with Gasteiger partial charge in [-0.1, -0.05) is 0 Å². The number of esters is 2. The zero-order chi connectivity index (χ0) is 18.1. The molecule has 2 heterocycles. The van der Waals surface area contributed by atoms with Gasteiger partial charge in [-0.15, -0.1) is 0 Å². The quantitative estimate of drug-likeness (QED) is 0.772. The number of nitriles is 1. The number of hydrogen-bond acceptors (Lipinski definition) is 8. The highest BCUT2D eigenvalue weighted by Crippen LogP contribution is 2.49. The van der Waals surface area contributed by atoms with Gasteiger partial charge in [0.2, 0.25) is 11.8 Å². The molecule has 2 N–H and O–H groups in total. The number of ether oxygens (including phenoxy) is 3. The molecule has 0 amide bonds. The molecule has 0 spiro atoms. The van der Waals surface area contributed by atoms with E-state index >= 15 is 0 Å². The van der Waals surface area contributed by atoms with Crippen molar-refractivity contribution in [1.82, 2.24) is 9.78 Å². The van der Waals surface area contributed by atoms with E-state index in [1.165, 1.54) is 18.9 Å². The van der Waals surface area contributed by atoms with Crippen LogP contribution in [0, 0.1) is 18.3 Å². The molecule has 0 aliphatic carbocycles. The van der Waals surface area contributed by atoms with Crippen LogP contribution in [0.3, 0.4) is 0 Å². The molecule has 2 rings (SSSR count). The van der Waals surface area contributed by atoms with E-state index in [4.69, 9.17) is 19.9 Å². The summed E-state index contributed by atoms with van der Waals surface area (Å²) < 4.78 is 16.4. The van der Waals surface area contributed by atoms with Gasteiger partial charge in [0.15, 0.2) is 0 Å². The first kappa shape index (κ1) is 17.3. The molecule has 1 aliphatic rings. The molecular formula is C15H18N4O5. The summed E-state index contributed by atoms with van der Waals surface area (Å²) in [6, 6.07) is 1.96. The lowest BCUT2D eigenvalue weighted by molar-refractivity contribution is -0.144. The van der Waals surface area contributed by atoms with Gasteiger partial charge in [-0.2, -0.15) is 10.4 Å². The van der Waals surface area contributed by atoms with Gasteiger partial charge in [0.05, 0.1) is 43.7 Å². The molecule has 24 heavy (non-hydrogen) atoms. The minimum atomic E-state index is -1.36. The number of nitrogens with two attached hydrogens (primary N) is 1. The Hall–Kier alpha value is -3.02. The average molecular weight is 334 g/mol. The highest BCUT2D eigenvalue weighted by atomic mass is 16.5. The molecule has 9 heteroatoms. The number of nitrogens with zero attached hydrogens (tertiary/aromatic N) is 3. The minimum absolute atomic E-state index is 0.0260. The summed E-state index contributed by atoms with van der Waals surface area (Å²) in [5, 5.41) is 13.8. The largest absolute Gasteiger partial charge is 0.469 e. The smallest absolute Gasteiger partial charge is 0.306 e. The summed E-state index contributed by atoms with van der Waals surface area (Å²) in [5.74, 6) is -1.11. The maximum atomic E-state index is 12.0. The molecule has 0 radical (unpaired) electrons. The number of fused-ring (bicyclic) bond motifs is 1. The monoisotopic (exact) mass is 334 g/mol. The third-order valence-corrected chi connectivity index (χ3v) is 4.04. The van der Waals surface area contributed by atoms with Crippen LogP contribution in [0.4, 0.5) is 0 Å². The topological polar surface area (TPSA) is 129 Å². The van der Waals surface area contributed by atoms with Crippen molar-refractivity contribution in [3.63, 3.8) is 0 Å². The van der Waals surface area contributed by atoms with Crippen LogP contribution in [-0.4, -0.2) is 35.9 Å². The predicted molar refractivity (Wildman–Crippen MR) is 80.3 cm³/mol. The van der Waals surface area contributed by atoms with E-state index in [9.17, 15) is 14.9 Å². The SMILES string of the molecule is COC(=O)CC1(CC(=O)OC)C(C#N)=C(N)Oc2c1c(C)nn2C. The minimum Gasteiger partial charge on any atom is -0.469 e. The molecule has 0 bridgehead atoms. The number of carbonyl (C=O) groups is 2. The number of aryl methyl sites for hydroxylation is 2. The highest BCUT2D eigenvalue weighted by Gasteiger charge is 2.50. The Morgan fingerprint density at radius 1 is 1.33 bits per heavy atom. The molecular weight excluding hydrogens is 316 g/mol. The van der Waals surface area contributed by atoms with E-state index in [-0.39, 0.29) is 30.2 Å². The lowest BCUT2D eigenvalue weighted by Gasteiger charge is -2.35. The Labute approximate surface area is 138 Å². The molecule has 0 fully saturated rings. The zero-order valence-electron chi connectivity index (χ0n) is 13.9. The van der Waals surface area contributed by atoms with E-state index in [1.807, 2.05) is 6.07 Å². The number of methoxy groups -OCH3 is 2. The fourth-order valence-corrected chi connectivity index (χ4v) is 3.04. The van der Waals surface area contributed by atoms with Gasteiger partial charge in [-0.3, -0.25) is 9.59 Å². The number of aromatic nitrogens is 2. The van der Waals surface area contributed by atoms with Crippen LogP contribution in [0.5, 0.6) is 5.88 Å². The normalized spacial score (nSPS) is 15.1. The number of rotatable bonds is 4. The van der Waals surface area contributed by atoms with Gasteiger partial charge >= 0.3 is 11.9 Å². The number of hydrogen-bond donors (Lipinski definition) is 1. The lowest BCUT2D eigenvalue weighted by Crippen LogP contribution is -2.40. The van der Waals surface area contributed by atoms with Crippen molar-refractivity contribution >= 4 is 11.9 Å². The second kappa shape index (κ2) is 6.23. The first-order chi connectivity index (χ1) is 11.3. The van der Waals surface area contributed by atoms with Crippen molar-refractivity contribution in [2.75, 3.05) is 14.2 Å². The van der Waals surface area contributed by atoms with Gasteiger partial charge in [-0.05, 0) is 6.92 Å². The Morgan fingerprint density at radius 2 is 1.88 bits per heavy atom. The van der Waals surface area contributed by atoms with Crippen molar-refractivity contribution in [3.05, 3.63) is 22.7 Å². The number of allylic oxidation sites excluding steroid dienone is 1. The van der Waals surface area contributed by atoms with Crippen molar-refractivity contribution < 1.29 is 23.8 Å². The van der Waals surface area contributed by atoms with Crippen LogP contribution in [0.2, 0.25) is 0 Å². The molecule has 1 aromatic heterocycles. The summed E-state index contributed by atoms with van der Waals surface area (Å²) in [6.45, 7) is 1.70. The second-order valence-electron chi connectivity index (χ2n) is 5.43. The molecule has 1 aromatic rings. The molecule has 128 valence electrons. The van der Waals surface area contributed by atoms with Crippen LogP contribution in [0.15, 0.2) is 11.5 Å². The molecule has 0 unspecified atom stereocenters. The van der Waals surface area contributed by atoms with Crippen molar-refractivity contribution in [1.29, 1.82) is 5.26 Å². The highest BCUT2D eigenvalue weighted by molar-refractivity contribution is 5.80. The van der Waals surface area contributed by atoms with Crippen LogP contribution >= 0.6 is 0 Å². The molecule has 0 aromatic carbocycles. The Morgan fingerprint density at radius 3 is 2.33 bits per heavy atom. The van der Waals surface area contributed by atoms with Gasteiger partial charge < -0.3 is 19.9 Å². The molecule has 0 saturated heterocycles. The van der Waals surface area contributed by atoms with Gasteiger partial charge in [0, 0.05) is 7.05 Å². The van der Waals surface area contributed by atoms with E-state index in [0.29, 0.717) is 11.3 Å². The summed E-state index contributed by atoms with van der Waals surface area (Å²) in [5.41, 5.74) is 5.46. The summed E-state index contributed by atoms with van der Waals surface area (Å²) in [4.78, 5) is 24.1. The fourth-order valence-electron chi connectivity index (χ4n) is 3.04. The molecule has 1 aliphatic heterocycles. The van der Waals surface area contributed by atoms with Gasteiger partial charge in [0.1, 0.15) is 11.6 Å². The Kier molecular flexibility index (Phi) is 4.50. The van der Waals surface area contributed by atoms with Crippen LogP contribution in [0.1, 0.15) is 24.1 Å². The van der Waals surface area contributed by atoms with Gasteiger partial charge in [0.25, 0.3) is 0 Å². The van der Waals surface area contributed by atoms with E-state index in [0.717, 1.165) is 0 Å². The average Bonchev–Trinajstić information content (AvgIpc) is 2.81. The Balaban J connectivity index is 2.79. The van der Waals surface area contributed by atoms with E-state index < -0.39 is 17.4 Å². The maximum absolute atomic E-state index is 12.0. The first-order valence-electron chi connectivity index (χ1n) is 7.06. The third-order valence-electron chi connectivity index (χ3n) is 4.04. The van der Waals surface area contributed by atoms with Crippen LogP contribution in [-0.2, 0) is 31.5 Å². The maximum Gasteiger partial charge on any atom is 0.306 e. The fraction of sp³-hybridized carbons (Fsp3) is 0.467. The van der Waals surface area contributed by atoms with E-state index in [1.54, 1.807) is 14.0 Å². The first-order valence-corrected chi connectivity index (χ1v) is 7.06. The lowest BCUT2D eigenvalue weighted by atomic mass is 9.68. The van der Waals surface area contributed by atoms with Crippen LogP contribution < -0.4 is 10.5 Å². The molecule has 9 nitrogen and oxygen atoms in total. The molecule has 0 atom stereocenters. The summed E-state index contributed by atoms with van der Waals surface area (Å²) >= 11 is 0. The predicted octanol–water partition coefficient (Wildman–Crippen LogP) is 0.179. The summed E-state index contributed by atoms with van der Waals surface area (Å²) in [7, 11) is 4.09. The standard InChI is InChI=1S/C15H18N4O5/c1-8-12-14(19(2)18-8)24-13(17)9(7-16)15(12,5-10(20)22-3)6-11(21)23-4/h5-6,17H2,1-4H3.